The van der Waals surface area contributed by atoms with Crippen LogP contribution in [0.4, 0.5) is 0 Å². The largest absolute Gasteiger partial charge is 0.394 e. The molecule has 0 unspecified atom stereocenters. The highest BCUT2D eigenvalue weighted by atomic mass is 16.6. The van der Waals surface area contributed by atoms with Gasteiger partial charge in [-0.05, 0) is 13.8 Å². The highest BCUT2D eigenvalue weighted by Gasteiger charge is 1.89. The van der Waals surface area contributed by atoms with Crippen molar-refractivity contribution in [2.75, 3.05) is 107 Å². The summed E-state index contributed by atoms with van der Waals surface area (Å²) in [6.07, 6.45) is 0. The zero-order valence-electron chi connectivity index (χ0n) is 17.7. The quantitative estimate of drug-likeness (QED) is 0.314. The minimum Gasteiger partial charge on any atom is -0.394 e. The van der Waals surface area contributed by atoms with E-state index in [0.717, 1.165) is 13.2 Å². The first kappa shape index (κ1) is 31.3. The van der Waals surface area contributed by atoms with Crippen LogP contribution in [0.15, 0.2) is 0 Å². The average molecular weight is 403 g/mol. The number of aliphatic hydroxyl groups excluding tert-OH is 2. The van der Waals surface area contributed by atoms with Crippen LogP contribution >= 0.6 is 0 Å². The highest BCUT2D eigenvalue weighted by molar-refractivity contribution is 4.32. The molecule has 168 valence electrons. The maximum atomic E-state index is 8.26. The molecular formula is C18H42O9. The van der Waals surface area contributed by atoms with Gasteiger partial charge < -0.3 is 43.4 Å². The molecular weight excluding hydrogens is 360 g/mol. The van der Waals surface area contributed by atoms with Crippen molar-refractivity contribution < 1.29 is 43.4 Å². The average Bonchev–Trinajstić information content (AvgIpc) is 2.68. The summed E-state index contributed by atoms with van der Waals surface area (Å²) in [6, 6.07) is 0. The topological polar surface area (TPSA) is 105 Å². The standard InChI is InChI=1S/C8H18O4.C6H14O4.C4H10O/c1-9-3-5-11-7-8-12-6-4-10-2;7-1-3-9-5-6-10-4-2-8;1-3-5-4-2/h3-8H2,1-2H3;7-8H,1-6H2;3-4H2,1-2H3. The van der Waals surface area contributed by atoms with Crippen molar-refractivity contribution in [2.24, 2.45) is 0 Å². The van der Waals surface area contributed by atoms with Crippen molar-refractivity contribution in [1.82, 2.24) is 0 Å². The Bertz CT molecular complexity index is 189. The lowest BCUT2D eigenvalue weighted by Crippen LogP contribution is -2.10. The number of ether oxygens (including phenoxy) is 7. The van der Waals surface area contributed by atoms with E-state index in [1.807, 2.05) is 13.8 Å². The molecule has 0 aliphatic rings. The van der Waals surface area contributed by atoms with Crippen LogP contribution in [0.25, 0.3) is 0 Å². The molecule has 0 aliphatic heterocycles. The summed E-state index contributed by atoms with van der Waals surface area (Å²) < 4.78 is 34.5. The van der Waals surface area contributed by atoms with Gasteiger partial charge in [-0.3, -0.25) is 0 Å². The Balaban J connectivity index is -0.000000347. The Morgan fingerprint density at radius 2 is 0.741 bits per heavy atom. The molecule has 9 heteroatoms. The van der Waals surface area contributed by atoms with Gasteiger partial charge in [0.15, 0.2) is 0 Å². The van der Waals surface area contributed by atoms with Crippen molar-refractivity contribution in [3.05, 3.63) is 0 Å². The van der Waals surface area contributed by atoms with E-state index in [1.54, 1.807) is 14.2 Å². The van der Waals surface area contributed by atoms with E-state index in [0.29, 0.717) is 66.1 Å². The molecule has 0 heterocycles. The lowest BCUT2D eigenvalue weighted by atomic mass is 10.7. The first-order valence-electron chi connectivity index (χ1n) is 9.33. The molecule has 0 aromatic rings. The molecule has 27 heavy (non-hydrogen) atoms. The van der Waals surface area contributed by atoms with Gasteiger partial charge in [-0.25, -0.2) is 0 Å². The van der Waals surface area contributed by atoms with Gasteiger partial charge in [0, 0.05) is 27.4 Å². The van der Waals surface area contributed by atoms with Crippen molar-refractivity contribution in [1.29, 1.82) is 0 Å². The summed E-state index contributed by atoms with van der Waals surface area (Å²) in [7, 11) is 3.30. The molecule has 0 fully saturated rings. The minimum atomic E-state index is 0.0417. The van der Waals surface area contributed by atoms with E-state index in [-0.39, 0.29) is 13.2 Å². The van der Waals surface area contributed by atoms with Crippen molar-refractivity contribution in [3.63, 3.8) is 0 Å². The fourth-order valence-corrected chi connectivity index (χ4v) is 1.26. The summed E-state index contributed by atoms with van der Waals surface area (Å²) >= 11 is 0. The lowest BCUT2D eigenvalue weighted by Gasteiger charge is -2.04. The predicted molar refractivity (Wildman–Crippen MR) is 103 cm³/mol. The second-order valence-corrected chi connectivity index (χ2v) is 4.66. The smallest absolute Gasteiger partial charge is 0.0701 e. The molecule has 0 amide bonds. The molecule has 0 rings (SSSR count). The first-order valence-corrected chi connectivity index (χ1v) is 9.33. The molecule has 0 spiro atoms. The van der Waals surface area contributed by atoms with Crippen molar-refractivity contribution >= 4 is 0 Å². The van der Waals surface area contributed by atoms with Gasteiger partial charge in [-0.1, -0.05) is 0 Å². The zero-order valence-corrected chi connectivity index (χ0v) is 17.7. The highest BCUT2D eigenvalue weighted by Crippen LogP contribution is 1.80. The SMILES string of the molecule is CCOCC.COCCOCCOCCOC.OCCOCCOCCO. The van der Waals surface area contributed by atoms with E-state index in [2.05, 4.69) is 0 Å². The fourth-order valence-electron chi connectivity index (χ4n) is 1.26. The number of hydrogen-bond donors (Lipinski definition) is 2. The summed E-state index contributed by atoms with van der Waals surface area (Å²) in [6.45, 7) is 11.2. The van der Waals surface area contributed by atoms with Crippen LogP contribution in [-0.2, 0) is 33.2 Å². The molecule has 2 N–H and O–H groups in total. The predicted octanol–water partition coefficient (Wildman–Crippen LogP) is 0.359. The van der Waals surface area contributed by atoms with Crippen LogP contribution in [0.1, 0.15) is 13.8 Å². The van der Waals surface area contributed by atoms with E-state index in [1.165, 1.54) is 0 Å². The monoisotopic (exact) mass is 402 g/mol. The normalized spacial score (nSPS) is 10.0. The zero-order chi connectivity index (χ0) is 20.8. The van der Waals surface area contributed by atoms with Crippen LogP contribution in [0.2, 0.25) is 0 Å². The summed E-state index contributed by atoms with van der Waals surface area (Å²) in [5.41, 5.74) is 0. The Hall–Kier alpha value is -0.360. The van der Waals surface area contributed by atoms with E-state index in [4.69, 9.17) is 43.4 Å². The van der Waals surface area contributed by atoms with Crippen molar-refractivity contribution in [2.45, 2.75) is 13.8 Å². The molecule has 0 atom stereocenters. The minimum absolute atomic E-state index is 0.0417. The van der Waals surface area contributed by atoms with Gasteiger partial charge in [-0.2, -0.15) is 0 Å². The molecule has 9 nitrogen and oxygen atoms in total. The number of aliphatic hydroxyl groups is 2. The molecule has 0 aromatic carbocycles. The summed E-state index contributed by atoms with van der Waals surface area (Å²) in [5, 5.41) is 16.5. The lowest BCUT2D eigenvalue weighted by molar-refractivity contribution is 0.0106. The maximum absolute atomic E-state index is 8.26. The van der Waals surface area contributed by atoms with Gasteiger partial charge in [0.05, 0.1) is 79.3 Å². The van der Waals surface area contributed by atoms with Crippen LogP contribution in [0, 0.1) is 0 Å². The van der Waals surface area contributed by atoms with E-state index < -0.39 is 0 Å². The second kappa shape index (κ2) is 36.5. The Morgan fingerprint density at radius 3 is 0.963 bits per heavy atom. The van der Waals surface area contributed by atoms with Gasteiger partial charge in [0.1, 0.15) is 0 Å². The van der Waals surface area contributed by atoms with Gasteiger partial charge in [-0.15, -0.1) is 0 Å². The Labute approximate surface area is 164 Å². The van der Waals surface area contributed by atoms with Crippen LogP contribution in [0.3, 0.4) is 0 Å². The van der Waals surface area contributed by atoms with Crippen LogP contribution in [0.5, 0.6) is 0 Å². The van der Waals surface area contributed by atoms with Gasteiger partial charge in [0.25, 0.3) is 0 Å². The summed E-state index contributed by atoms with van der Waals surface area (Å²) in [4.78, 5) is 0. The molecule has 0 bridgehead atoms. The number of rotatable bonds is 18. The number of methoxy groups -OCH3 is 2. The molecule has 0 saturated heterocycles. The van der Waals surface area contributed by atoms with Gasteiger partial charge >= 0.3 is 0 Å². The molecule has 0 aromatic heterocycles. The number of hydrogen-bond acceptors (Lipinski definition) is 9. The van der Waals surface area contributed by atoms with E-state index >= 15 is 0 Å². The van der Waals surface area contributed by atoms with Crippen LogP contribution in [-0.4, -0.2) is 117 Å². The third-order valence-electron chi connectivity index (χ3n) is 2.49. The van der Waals surface area contributed by atoms with Gasteiger partial charge in [0.2, 0.25) is 0 Å². The Morgan fingerprint density at radius 1 is 0.444 bits per heavy atom. The van der Waals surface area contributed by atoms with Crippen molar-refractivity contribution in [3.8, 4) is 0 Å². The second-order valence-electron chi connectivity index (χ2n) is 4.66. The first-order chi connectivity index (χ1) is 13.2. The Kier molecular flexibility index (Phi) is 42.4. The molecule has 0 radical (unpaired) electrons. The molecule has 0 saturated carbocycles. The molecule has 0 aliphatic carbocycles. The maximum Gasteiger partial charge on any atom is 0.0701 e. The summed E-state index contributed by atoms with van der Waals surface area (Å²) in [5.74, 6) is 0. The fraction of sp³-hybridized carbons (Fsp3) is 1.00. The van der Waals surface area contributed by atoms with Crippen LogP contribution < -0.4 is 0 Å². The van der Waals surface area contributed by atoms with E-state index in [9.17, 15) is 0 Å². The third-order valence-corrected chi connectivity index (χ3v) is 2.49. The third kappa shape index (κ3) is 46.0.